The first-order chi connectivity index (χ1) is 12.8. The summed E-state index contributed by atoms with van der Waals surface area (Å²) in [6.07, 6.45) is 0.462. The fraction of sp³-hybridized carbons (Fsp3) is 0.450. The van der Waals surface area contributed by atoms with Gasteiger partial charge in [-0.15, -0.1) is 0 Å². The van der Waals surface area contributed by atoms with Gasteiger partial charge in [0.1, 0.15) is 5.75 Å². The number of benzene rings is 1. The van der Waals surface area contributed by atoms with Crippen LogP contribution in [0.15, 0.2) is 30.3 Å². The molecule has 7 nitrogen and oxygen atoms in total. The molecule has 144 valence electrons. The Morgan fingerprint density at radius 3 is 2.44 bits per heavy atom. The monoisotopic (exact) mass is 371 g/mol. The van der Waals surface area contributed by atoms with Gasteiger partial charge in [-0.05, 0) is 49.6 Å². The standard InChI is InChI=1S/C20H25N3O4/c1-13(2)20(19(25)26)9-10-22(12-20)18(24)17-11-14(3)23(21-17)15-5-7-16(27-4)8-6-15/h5-8,11,13H,9-10,12H2,1-4H3,(H,25,26). The van der Waals surface area contributed by atoms with Gasteiger partial charge in [0.2, 0.25) is 0 Å². The van der Waals surface area contributed by atoms with Crippen molar-refractivity contribution >= 4 is 11.9 Å². The Labute approximate surface area is 158 Å². The molecule has 1 atom stereocenters. The number of ether oxygens (including phenoxy) is 1. The number of carbonyl (C=O) groups excluding carboxylic acids is 1. The van der Waals surface area contributed by atoms with E-state index in [9.17, 15) is 14.7 Å². The third-order valence-electron chi connectivity index (χ3n) is 5.54. The van der Waals surface area contributed by atoms with E-state index >= 15 is 0 Å². The highest BCUT2D eigenvalue weighted by Crippen LogP contribution is 2.38. The average Bonchev–Trinajstić information content (AvgIpc) is 3.26. The van der Waals surface area contributed by atoms with Gasteiger partial charge in [0, 0.05) is 18.8 Å². The lowest BCUT2D eigenvalue weighted by Crippen LogP contribution is -2.40. The molecule has 0 aliphatic carbocycles. The van der Waals surface area contributed by atoms with Crippen LogP contribution in [-0.2, 0) is 4.79 Å². The largest absolute Gasteiger partial charge is 0.497 e. The van der Waals surface area contributed by atoms with Crippen LogP contribution in [0.2, 0.25) is 0 Å². The highest BCUT2D eigenvalue weighted by atomic mass is 16.5. The summed E-state index contributed by atoms with van der Waals surface area (Å²) in [5.41, 5.74) is 1.10. The second-order valence-corrected chi connectivity index (χ2v) is 7.37. The van der Waals surface area contributed by atoms with Crippen molar-refractivity contribution in [3.63, 3.8) is 0 Å². The van der Waals surface area contributed by atoms with E-state index in [1.54, 1.807) is 22.8 Å². The van der Waals surface area contributed by atoms with E-state index in [1.807, 2.05) is 45.0 Å². The summed E-state index contributed by atoms with van der Waals surface area (Å²) in [7, 11) is 1.61. The SMILES string of the molecule is COc1ccc(-n2nc(C(=O)N3CCC(C(=O)O)(C(C)C)C3)cc2C)cc1. The molecule has 1 saturated heterocycles. The number of hydrogen-bond acceptors (Lipinski definition) is 4. The van der Waals surface area contributed by atoms with Crippen LogP contribution in [0.25, 0.3) is 5.69 Å². The Kier molecular flexibility index (Phi) is 4.95. The number of nitrogens with zero attached hydrogens (tertiary/aromatic N) is 3. The van der Waals surface area contributed by atoms with Gasteiger partial charge in [-0.2, -0.15) is 5.10 Å². The Morgan fingerprint density at radius 1 is 1.26 bits per heavy atom. The van der Waals surface area contributed by atoms with Crippen molar-refractivity contribution in [2.45, 2.75) is 27.2 Å². The zero-order valence-electron chi connectivity index (χ0n) is 16.1. The molecule has 0 spiro atoms. The summed E-state index contributed by atoms with van der Waals surface area (Å²) >= 11 is 0. The maximum atomic E-state index is 12.9. The van der Waals surface area contributed by atoms with Crippen LogP contribution in [0, 0.1) is 18.3 Å². The van der Waals surface area contributed by atoms with Gasteiger partial charge in [0.25, 0.3) is 5.91 Å². The van der Waals surface area contributed by atoms with Crippen LogP contribution in [0.5, 0.6) is 5.75 Å². The summed E-state index contributed by atoms with van der Waals surface area (Å²) in [5, 5.41) is 14.1. The minimum Gasteiger partial charge on any atom is -0.497 e. The molecular formula is C20H25N3O4. The molecule has 0 saturated carbocycles. The van der Waals surface area contributed by atoms with E-state index in [1.165, 1.54) is 0 Å². The van der Waals surface area contributed by atoms with E-state index in [-0.39, 0.29) is 18.4 Å². The van der Waals surface area contributed by atoms with E-state index < -0.39 is 11.4 Å². The fourth-order valence-corrected chi connectivity index (χ4v) is 3.63. The number of amides is 1. The first kappa shape index (κ1) is 18.9. The number of aromatic nitrogens is 2. The summed E-state index contributed by atoms with van der Waals surface area (Å²) < 4.78 is 6.87. The van der Waals surface area contributed by atoms with Crippen LogP contribution in [0.4, 0.5) is 0 Å². The van der Waals surface area contributed by atoms with Gasteiger partial charge >= 0.3 is 5.97 Å². The molecule has 1 aromatic carbocycles. The minimum atomic E-state index is -0.886. The van der Waals surface area contributed by atoms with Crippen molar-refractivity contribution in [3.8, 4) is 11.4 Å². The van der Waals surface area contributed by atoms with Crippen LogP contribution in [-0.4, -0.2) is 51.9 Å². The first-order valence-electron chi connectivity index (χ1n) is 9.02. The van der Waals surface area contributed by atoms with E-state index in [0.717, 1.165) is 17.1 Å². The molecule has 0 radical (unpaired) electrons. The molecule has 3 rings (SSSR count). The van der Waals surface area contributed by atoms with Crippen molar-refractivity contribution in [2.24, 2.45) is 11.3 Å². The summed E-state index contributed by atoms with van der Waals surface area (Å²) in [4.78, 5) is 26.3. The van der Waals surface area contributed by atoms with Crippen molar-refractivity contribution in [1.29, 1.82) is 0 Å². The number of methoxy groups -OCH3 is 1. The van der Waals surface area contributed by atoms with Crippen LogP contribution >= 0.6 is 0 Å². The minimum absolute atomic E-state index is 0.0496. The van der Waals surface area contributed by atoms with E-state index in [2.05, 4.69) is 5.10 Å². The zero-order chi connectivity index (χ0) is 19.8. The van der Waals surface area contributed by atoms with Crippen molar-refractivity contribution < 1.29 is 19.4 Å². The van der Waals surface area contributed by atoms with Gasteiger partial charge in [-0.25, -0.2) is 4.68 Å². The second kappa shape index (κ2) is 7.06. The molecule has 7 heteroatoms. The number of rotatable bonds is 5. The smallest absolute Gasteiger partial charge is 0.311 e. The van der Waals surface area contributed by atoms with Gasteiger partial charge in [0.15, 0.2) is 5.69 Å². The van der Waals surface area contributed by atoms with Crippen molar-refractivity contribution in [2.75, 3.05) is 20.2 Å². The molecule has 1 aromatic heterocycles. The lowest BCUT2D eigenvalue weighted by atomic mass is 9.76. The molecule has 2 aromatic rings. The molecule has 2 heterocycles. The zero-order valence-corrected chi connectivity index (χ0v) is 16.1. The number of hydrogen-bond donors (Lipinski definition) is 1. The summed E-state index contributed by atoms with van der Waals surface area (Å²) in [6, 6.07) is 9.15. The molecule has 1 aliphatic rings. The number of aliphatic carboxylic acids is 1. The third-order valence-corrected chi connectivity index (χ3v) is 5.54. The third kappa shape index (κ3) is 3.29. The molecule has 1 N–H and O–H groups in total. The molecule has 1 unspecified atom stereocenters. The van der Waals surface area contributed by atoms with Crippen molar-refractivity contribution in [1.82, 2.24) is 14.7 Å². The van der Waals surface area contributed by atoms with Gasteiger partial charge in [0.05, 0.1) is 18.2 Å². The fourth-order valence-electron chi connectivity index (χ4n) is 3.63. The van der Waals surface area contributed by atoms with Gasteiger partial charge in [-0.3, -0.25) is 9.59 Å². The highest BCUT2D eigenvalue weighted by Gasteiger charge is 2.48. The normalized spacial score (nSPS) is 19.5. The lowest BCUT2D eigenvalue weighted by molar-refractivity contribution is -0.150. The van der Waals surface area contributed by atoms with Gasteiger partial charge < -0.3 is 14.7 Å². The predicted molar refractivity (Wildman–Crippen MR) is 100 cm³/mol. The number of carboxylic acids is 1. The molecule has 1 fully saturated rings. The quantitative estimate of drug-likeness (QED) is 0.874. The Bertz CT molecular complexity index is 857. The molecule has 27 heavy (non-hydrogen) atoms. The molecule has 0 bridgehead atoms. The maximum Gasteiger partial charge on any atom is 0.311 e. The van der Waals surface area contributed by atoms with Crippen LogP contribution in [0.1, 0.15) is 36.5 Å². The average molecular weight is 371 g/mol. The Balaban J connectivity index is 1.83. The molecule has 1 amide bonds. The van der Waals surface area contributed by atoms with E-state index in [4.69, 9.17) is 4.74 Å². The van der Waals surface area contributed by atoms with Crippen LogP contribution in [0.3, 0.4) is 0 Å². The Morgan fingerprint density at radius 2 is 1.93 bits per heavy atom. The number of likely N-dealkylation sites (tertiary alicyclic amines) is 1. The van der Waals surface area contributed by atoms with Crippen molar-refractivity contribution in [3.05, 3.63) is 41.7 Å². The number of carboxylic acid groups (broad SMARTS) is 1. The molecular weight excluding hydrogens is 346 g/mol. The predicted octanol–water partition coefficient (Wildman–Crippen LogP) is 2.76. The highest BCUT2D eigenvalue weighted by molar-refractivity contribution is 5.93. The molecule has 1 aliphatic heterocycles. The lowest BCUT2D eigenvalue weighted by Gasteiger charge is -2.28. The summed E-state index contributed by atoms with van der Waals surface area (Å²) in [5.74, 6) is -0.371. The topological polar surface area (TPSA) is 84.7 Å². The number of aryl methyl sites for hydroxylation is 1. The Hall–Kier alpha value is -2.83. The summed E-state index contributed by atoms with van der Waals surface area (Å²) in [6.45, 7) is 6.31. The van der Waals surface area contributed by atoms with Crippen LogP contribution < -0.4 is 4.74 Å². The van der Waals surface area contributed by atoms with Gasteiger partial charge in [-0.1, -0.05) is 13.8 Å². The number of carbonyl (C=O) groups is 2. The first-order valence-corrected chi connectivity index (χ1v) is 9.02. The second-order valence-electron chi connectivity index (χ2n) is 7.37. The van der Waals surface area contributed by atoms with E-state index in [0.29, 0.717) is 18.7 Å². The maximum absolute atomic E-state index is 12.9.